The highest BCUT2D eigenvalue weighted by Crippen LogP contribution is 2.31. The molecular formula is C15H15Cl4N5O4. The number of alkyl carbamates (subject to hydrolysis) is 1. The minimum Gasteiger partial charge on any atom is -0.445 e. The van der Waals surface area contributed by atoms with E-state index >= 15 is 0 Å². The summed E-state index contributed by atoms with van der Waals surface area (Å²) in [6, 6.07) is 6.52. The fourth-order valence-corrected chi connectivity index (χ4v) is 2.63. The van der Waals surface area contributed by atoms with Gasteiger partial charge in [-0.3, -0.25) is 5.32 Å². The molecule has 2 aromatic rings. The van der Waals surface area contributed by atoms with Crippen molar-refractivity contribution in [1.82, 2.24) is 14.9 Å². The minimum atomic E-state index is -1.89. The number of imidazole rings is 1. The van der Waals surface area contributed by atoms with E-state index in [9.17, 15) is 14.9 Å². The number of carbonyl (C=O) groups is 1. The van der Waals surface area contributed by atoms with Crippen molar-refractivity contribution in [3.05, 3.63) is 51.4 Å². The van der Waals surface area contributed by atoms with Gasteiger partial charge in [-0.25, -0.2) is 14.3 Å². The van der Waals surface area contributed by atoms with Gasteiger partial charge in [0.15, 0.2) is 5.82 Å². The lowest BCUT2D eigenvalue weighted by atomic mass is 10.3. The monoisotopic (exact) mass is 469 g/mol. The first-order valence-corrected chi connectivity index (χ1v) is 9.27. The number of aromatic nitrogens is 2. The molecule has 0 saturated carbocycles. The molecule has 1 heterocycles. The molecule has 1 amide bonds. The maximum absolute atomic E-state index is 12.0. The van der Waals surface area contributed by atoms with Crippen LogP contribution < -0.4 is 10.6 Å². The van der Waals surface area contributed by atoms with Crippen molar-refractivity contribution in [3.8, 4) is 0 Å². The van der Waals surface area contributed by atoms with Crippen molar-refractivity contribution >= 4 is 64.0 Å². The lowest BCUT2D eigenvalue weighted by Gasteiger charge is -2.27. The maximum Gasteiger partial charge on any atom is 0.409 e. The van der Waals surface area contributed by atoms with Crippen molar-refractivity contribution in [1.29, 1.82) is 0 Å². The van der Waals surface area contributed by atoms with E-state index in [0.717, 1.165) is 6.20 Å². The smallest absolute Gasteiger partial charge is 0.409 e. The number of halogens is 4. The number of alkyl halides is 3. The van der Waals surface area contributed by atoms with E-state index in [1.54, 1.807) is 31.2 Å². The van der Waals surface area contributed by atoms with Gasteiger partial charge in [0.1, 0.15) is 25.5 Å². The van der Waals surface area contributed by atoms with Crippen LogP contribution in [0.3, 0.4) is 0 Å². The van der Waals surface area contributed by atoms with Gasteiger partial charge < -0.3 is 20.2 Å². The van der Waals surface area contributed by atoms with Crippen LogP contribution in [0.2, 0.25) is 5.02 Å². The molecule has 0 spiro atoms. The predicted molar refractivity (Wildman–Crippen MR) is 107 cm³/mol. The second kappa shape index (κ2) is 9.51. The van der Waals surface area contributed by atoms with Gasteiger partial charge in [-0.1, -0.05) is 46.4 Å². The van der Waals surface area contributed by atoms with Crippen LogP contribution in [0.25, 0.3) is 0 Å². The standard InChI is InChI=1S/C15H15Cl4N5O4/c1-9-20-8-12(24(26)27)23(9)6-7-28-14(25)22-13(15(17,18)19)21-11-4-2-10(16)3-5-11/h2-5,8,13,21H,6-7H2,1H3,(H,22,25)/t13-/m1/s1. The molecule has 0 aliphatic heterocycles. The summed E-state index contributed by atoms with van der Waals surface area (Å²) >= 11 is 23.5. The number of rotatable bonds is 7. The lowest BCUT2D eigenvalue weighted by molar-refractivity contribution is -0.392. The van der Waals surface area contributed by atoms with E-state index in [-0.39, 0.29) is 19.0 Å². The lowest BCUT2D eigenvalue weighted by Crippen LogP contribution is -2.49. The van der Waals surface area contributed by atoms with E-state index in [1.807, 2.05) is 0 Å². The van der Waals surface area contributed by atoms with Crippen molar-refractivity contribution in [2.24, 2.45) is 0 Å². The Hall–Kier alpha value is -1.94. The van der Waals surface area contributed by atoms with Gasteiger partial charge in [0.05, 0.1) is 0 Å². The first-order valence-electron chi connectivity index (χ1n) is 7.76. The average Bonchev–Trinajstić information content (AvgIpc) is 2.96. The molecule has 0 radical (unpaired) electrons. The number of anilines is 1. The quantitative estimate of drug-likeness (QED) is 0.270. The average molecular weight is 471 g/mol. The summed E-state index contributed by atoms with van der Waals surface area (Å²) in [6.07, 6.45) is -0.863. The molecule has 0 aliphatic carbocycles. The third-order valence-corrected chi connectivity index (χ3v) is 4.42. The number of hydrogen-bond acceptors (Lipinski definition) is 6. The number of carbonyl (C=O) groups excluding carboxylic acids is 1. The topological polar surface area (TPSA) is 111 Å². The van der Waals surface area contributed by atoms with Gasteiger partial charge in [-0.15, -0.1) is 0 Å². The van der Waals surface area contributed by atoms with Gasteiger partial charge in [0.2, 0.25) is 3.79 Å². The number of nitro groups is 1. The number of hydrogen-bond donors (Lipinski definition) is 2. The van der Waals surface area contributed by atoms with Crippen LogP contribution in [0.5, 0.6) is 0 Å². The zero-order chi connectivity index (χ0) is 20.9. The molecule has 0 fully saturated rings. The Morgan fingerprint density at radius 2 is 2.00 bits per heavy atom. The van der Waals surface area contributed by atoms with Crippen molar-refractivity contribution in [2.45, 2.75) is 23.4 Å². The van der Waals surface area contributed by atoms with Crippen molar-refractivity contribution in [2.75, 3.05) is 11.9 Å². The Balaban J connectivity index is 1.94. The zero-order valence-corrected chi connectivity index (χ0v) is 17.4. The van der Waals surface area contributed by atoms with Crippen LogP contribution in [0, 0.1) is 17.0 Å². The molecule has 13 heteroatoms. The van der Waals surface area contributed by atoms with Gasteiger partial charge in [-0.05, 0) is 29.2 Å². The van der Waals surface area contributed by atoms with Gasteiger partial charge >= 0.3 is 11.9 Å². The first kappa shape index (κ1) is 22.4. The number of aryl methyl sites for hydroxylation is 1. The Morgan fingerprint density at radius 1 is 1.36 bits per heavy atom. The molecule has 0 saturated heterocycles. The summed E-state index contributed by atoms with van der Waals surface area (Å²) in [5, 5.41) is 16.7. The third kappa shape index (κ3) is 6.30. The summed E-state index contributed by atoms with van der Waals surface area (Å²) in [7, 11) is 0. The number of amides is 1. The molecule has 0 unspecified atom stereocenters. The molecule has 2 N–H and O–H groups in total. The number of ether oxygens (including phenoxy) is 1. The highest BCUT2D eigenvalue weighted by molar-refractivity contribution is 6.68. The highest BCUT2D eigenvalue weighted by atomic mass is 35.6. The van der Waals surface area contributed by atoms with Gasteiger partial charge in [0, 0.05) is 17.6 Å². The van der Waals surface area contributed by atoms with Crippen LogP contribution in [-0.2, 0) is 11.3 Å². The second-order valence-electron chi connectivity index (χ2n) is 5.48. The Kier molecular flexibility index (Phi) is 7.59. The van der Waals surface area contributed by atoms with E-state index in [2.05, 4.69) is 15.6 Å². The third-order valence-electron chi connectivity index (χ3n) is 3.51. The fraction of sp³-hybridized carbons (Fsp3) is 0.333. The predicted octanol–water partition coefficient (Wildman–Crippen LogP) is 4.29. The Bertz CT molecular complexity index is 838. The Labute approximate surface area is 180 Å². The van der Waals surface area contributed by atoms with E-state index in [0.29, 0.717) is 16.5 Å². The van der Waals surface area contributed by atoms with Crippen LogP contribution in [0.15, 0.2) is 30.5 Å². The molecule has 0 aliphatic rings. The van der Waals surface area contributed by atoms with Crippen LogP contribution in [0.4, 0.5) is 16.3 Å². The molecular weight excluding hydrogens is 456 g/mol. The number of nitrogens with zero attached hydrogens (tertiary/aromatic N) is 3. The summed E-state index contributed by atoms with van der Waals surface area (Å²) in [6.45, 7) is 1.48. The summed E-state index contributed by atoms with van der Waals surface area (Å²) in [5.41, 5.74) is 0.547. The summed E-state index contributed by atoms with van der Waals surface area (Å²) in [5.74, 6) is 0.212. The summed E-state index contributed by atoms with van der Waals surface area (Å²) in [4.78, 5) is 26.3. The normalized spacial score (nSPS) is 12.3. The number of benzene rings is 1. The minimum absolute atomic E-state index is 0.0403. The molecule has 2 rings (SSSR count). The molecule has 0 bridgehead atoms. The zero-order valence-electron chi connectivity index (χ0n) is 14.4. The molecule has 1 aromatic carbocycles. The molecule has 152 valence electrons. The highest BCUT2D eigenvalue weighted by Gasteiger charge is 2.34. The SMILES string of the molecule is Cc1ncc([N+](=O)[O-])n1CCOC(=O)N[C@@H](Nc1ccc(Cl)cc1)C(Cl)(Cl)Cl. The van der Waals surface area contributed by atoms with Crippen LogP contribution in [-0.4, -0.2) is 37.1 Å². The van der Waals surface area contributed by atoms with Crippen LogP contribution >= 0.6 is 46.4 Å². The van der Waals surface area contributed by atoms with Gasteiger partial charge in [0.25, 0.3) is 0 Å². The van der Waals surface area contributed by atoms with E-state index in [1.165, 1.54) is 4.57 Å². The van der Waals surface area contributed by atoms with Crippen molar-refractivity contribution < 1.29 is 14.5 Å². The molecule has 9 nitrogen and oxygen atoms in total. The molecule has 1 aromatic heterocycles. The van der Waals surface area contributed by atoms with Crippen LogP contribution in [0.1, 0.15) is 5.82 Å². The fourth-order valence-electron chi connectivity index (χ4n) is 2.18. The second-order valence-corrected chi connectivity index (χ2v) is 8.28. The number of nitrogens with one attached hydrogen (secondary N) is 2. The van der Waals surface area contributed by atoms with Gasteiger partial charge in [-0.2, -0.15) is 0 Å². The first-order chi connectivity index (χ1) is 13.1. The van der Waals surface area contributed by atoms with E-state index in [4.69, 9.17) is 51.1 Å². The van der Waals surface area contributed by atoms with E-state index < -0.39 is 21.0 Å². The van der Waals surface area contributed by atoms with Crippen molar-refractivity contribution in [3.63, 3.8) is 0 Å². The molecule has 1 atom stereocenters. The largest absolute Gasteiger partial charge is 0.445 e. The maximum atomic E-state index is 12.0. The Morgan fingerprint density at radius 3 is 2.57 bits per heavy atom. The molecule has 28 heavy (non-hydrogen) atoms. The summed E-state index contributed by atoms with van der Waals surface area (Å²) < 4.78 is 4.45.